The van der Waals surface area contributed by atoms with Crippen molar-refractivity contribution >= 4 is 17.5 Å². The Kier molecular flexibility index (Phi) is 4.22. The molecule has 0 spiro atoms. The van der Waals surface area contributed by atoms with Crippen LogP contribution in [0.1, 0.15) is 32.1 Å². The van der Waals surface area contributed by atoms with Crippen LogP contribution in [-0.2, 0) is 14.3 Å². The zero-order chi connectivity index (χ0) is 12.1. The quantitative estimate of drug-likeness (QED) is 0.433. The molecule has 88 valence electrons. The predicted octanol–water partition coefficient (Wildman–Crippen LogP) is 1.52. The number of rotatable bonds is 3. The van der Waals surface area contributed by atoms with Crippen molar-refractivity contribution in [2.45, 2.75) is 32.1 Å². The van der Waals surface area contributed by atoms with Crippen LogP contribution in [0.3, 0.4) is 0 Å². The van der Waals surface area contributed by atoms with Gasteiger partial charge in [0.25, 0.3) is 0 Å². The molecule has 0 atom stereocenters. The molecule has 1 aliphatic carbocycles. The number of allylic oxidation sites excluding steroid dienone is 2. The van der Waals surface area contributed by atoms with Crippen LogP contribution in [0.25, 0.3) is 0 Å². The second-order valence-electron chi connectivity index (χ2n) is 3.65. The van der Waals surface area contributed by atoms with Gasteiger partial charge in [0.05, 0.1) is 19.1 Å². The Labute approximate surface area is 93.6 Å². The molecule has 0 amide bonds. The first kappa shape index (κ1) is 12.4. The number of esters is 1. The van der Waals surface area contributed by atoms with Gasteiger partial charge >= 0.3 is 5.97 Å². The summed E-state index contributed by atoms with van der Waals surface area (Å²) in [5.74, 6) is -0.819. The third-order valence-electron chi connectivity index (χ3n) is 2.49. The summed E-state index contributed by atoms with van der Waals surface area (Å²) >= 11 is 0. The molecule has 16 heavy (non-hydrogen) atoms. The van der Waals surface area contributed by atoms with Gasteiger partial charge in [-0.3, -0.25) is 9.59 Å². The van der Waals surface area contributed by atoms with Crippen molar-refractivity contribution in [2.75, 3.05) is 7.11 Å². The van der Waals surface area contributed by atoms with E-state index in [9.17, 15) is 14.7 Å². The normalized spacial score (nSPS) is 19.6. The third-order valence-corrected chi connectivity index (χ3v) is 2.49. The van der Waals surface area contributed by atoms with Gasteiger partial charge in [0.15, 0.2) is 5.78 Å². The highest BCUT2D eigenvalue weighted by Gasteiger charge is 2.24. The number of ketones is 1. The fourth-order valence-corrected chi connectivity index (χ4v) is 1.63. The molecule has 2 N–H and O–H groups in total. The van der Waals surface area contributed by atoms with Crippen molar-refractivity contribution in [3.8, 4) is 0 Å². The van der Waals surface area contributed by atoms with E-state index >= 15 is 0 Å². The first-order valence-electron chi connectivity index (χ1n) is 5.16. The van der Waals surface area contributed by atoms with Crippen LogP contribution in [0.4, 0.5) is 0 Å². The first-order valence-corrected chi connectivity index (χ1v) is 5.16. The molecule has 0 radical (unpaired) electrons. The third kappa shape index (κ3) is 2.92. The smallest absolute Gasteiger partial charge is 0.305 e. The zero-order valence-electron chi connectivity index (χ0n) is 9.21. The van der Waals surface area contributed by atoms with Crippen molar-refractivity contribution in [3.63, 3.8) is 0 Å². The molecule has 0 aromatic heterocycles. The average molecular weight is 225 g/mol. The van der Waals surface area contributed by atoms with E-state index in [1.54, 1.807) is 0 Å². The summed E-state index contributed by atoms with van der Waals surface area (Å²) in [6.45, 7) is 0. The summed E-state index contributed by atoms with van der Waals surface area (Å²) in [5, 5.41) is 17.3. The Morgan fingerprint density at radius 3 is 2.69 bits per heavy atom. The van der Waals surface area contributed by atoms with Gasteiger partial charge in [0.2, 0.25) is 0 Å². The van der Waals surface area contributed by atoms with E-state index in [4.69, 9.17) is 5.41 Å². The Bertz CT molecular complexity index is 339. The van der Waals surface area contributed by atoms with Crippen molar-refractivity contribution in [1.29, 1.82) is 5.41 Å². The number of carbonyl (C=O) groups excluding carboxylic acids is 2. The monoisotopic (exact) mass is 225 g/mol. The van der Waals surface area contributed by atoms with Crippen LogP contribution in [0.5, 0.6) is 0 Å². The van der Waals surface area contributed by atoms with Gasteiger partial charge in [0, 0.05) is 18.6 Å². The lowest BCUT2D eigenvalue weighted by Crippen LogP contribution is -2.20. The van der Waals surface area contributed by atoms with Gasteiger partial charge in [-0.05, 0) is 12.8 Å². The van der Waals surface area contributed by atoms with E-state index in [0.717, 1.165) is 0 Å². The van der Waals surface area contributed by atoms with E-state index in [1.165, 1.54) is 7.11 Å². The number of Topliss-reactive ketones (excluding diaryl/α,β-unsaturated/α-hetero) is 1. The molecule has 1 fully saturated rings. The van der Waals surface area contributed by atoms with Crippen LogP contribution in [0, 0.1) is 5.41 Å². The fraction of sp³-hybridized carbons (Fsp3) is 0.545. The minimum Gasteiger partial charge on any atom is -0.511 e. The Balaban J connectivity index is 2.73. The number of hydrogen-bond donors (Lipinski definition) is 2. The fourth-order valence-electron chi connectivity index (χ4n) is 1.63. The number of ether oxygens (including phenoxy) is 1. The lowest BCUT2D eigenvalue weighted by atomic mass is 9.90. The molecule has 0 aromatic rings. The van der Waals surface area contributed by atoms with E-state index in [2.05, 4.69) is 4.74 Å². The van der Waals surface area contributed by atoms with Gasteiger partial charge in [-0.15, -0.1) is 0 Å². The van der Waals surface area contributed by atoms with Gasteiger partial charge in [-0.25, -0.2) is 0 Å². The van der Waals surface area contributed by atoms with Crippen LogP contribution in [0.15, 0.2) is 11.3 Å². The lowest BCUT2D eigenvalue weighted by Gasteiger charge is -2.15. The topological polar surface area (TPSA) is 87.4 Å². The minimum atomic E-state index is -0.443. The number of aliphatic hydroxyl groups is 1. The van der Waals surface area contributed by atoms with Crippen LogP contribution >= 0.6 is 0 Å². The maximum absolute atomic E-state index is 11.5. The highest BCUT2D eigenvalue weighted by molar-refractivity contribution is 6.23. The number of methoxy groups -OCH3 is 1. The molecule has 5 heteroatoms. The maximum atomic E-state index is 11.5. The van der Waals surface area contributed by atoms with E-state index < -0.39 is 5.97 Å². The second-order valence-corrected chi connectivity index (χ2v) is 3.65. The molecule has 5 nitrogen and oxygen atoms in total. The van der Waals surface area contributed by atoms with Crippen molar-refractivity contribution in [2.24, 2.45) is 0 Å². The minimum absolute atomic E-state index is 0.0202. The van der Waals surface area contributed by atoms with Crippen molar-refractivity contribution in [3.05, 3.63) is 11.3 Å². The molecule has 1 aliphatic rings. The summed E-state index contributed by atoms with van der Waals surface area (Å²) in [7, 11) is 1.26. The molecule has 0 aliphatic heterocycles. The standard InChI is InChI=1S/C11H15NO4/c1-16-10(15)6-5-9(14)11-7(12)3-2-4-8(11)13/h12,14H,2-6H2,1H3. The average Bonchev–Trinajstić information content (AvgIpc) is 2.25. The van der Waals surface area contributed by atoms with Crippen molar-refractivity contribution < 1.29 is 19.4 Å². The molecule has 0 aromatic carbocycles. The highest BCUT2D eigenvalue weighted by atomic mass is 16.5. The number of aliphatic hydroxyl groups excluding tert-OH is 1. The molecule has 1 rings (SSSR count). The Hall–Kier alpha value is -1.65. The highest BCUT2D eigenvalue weighted by Crippen LogP contribution is 2.21. The maximum Gasteiger partial charge on any atom is 0.305 e. The van der Waals surface area contributed by atoms with E-state index in [0.29, 0.717) is 19.3 Å². The predicted molar refractivity (Wildman–Crippen MR) is 57.5 cm³/mol. The lowest BCUT2D eigenvalue weighted by molar-refractivity contribution is -0.140. The Morgan fingerprint density at radius 1 is 1.44 bits per heavy atom. The van der Waals surface area contributed by atoms with E-state index in [-0.39, 0.29) is 35.7 Å². The summed E-state index contributed by atoms with van der Waals surface area (Å²) in [6, 6.07) is 0. The molecule has 1 saturated carbocycles. The number of hydrogen-bond acceptors (Lipinski definition) is 5. The molecular formula is C11H15NO4. The molecule has 0 bridgehead atoms. The SMILES string of the molecule is COC(=O)CCC(O)=C1C(=N)CCCC1=O. The summed E-state index contributed by atoms with van der Waals surface area (Å²) < 4.78 is 4.43. The van der Waals surface area contributed by atoms with Crippen LogP contribution in [0.2, 0.25) is 0 Å². The van der Waals surface area contributed by atoms with Gasteiger partial charge in [0.1, 0.15) is 5.76 Å². The van der Waals surface area contributed by atoms with Gasteiger partial charge in [-0.1, -0.05) is 0 Å². The van der Waals surface area contributed by atoms with Crippen molar-refractivity contribution in [1.82, 2.24) is 0 Å². The number of carbonyl (C=O) groups is 2. The molecule has 0 saturated heterocycles. The Morgan fingerprint density at radius 2 is 2.12 bits per heavy atom. The summed E-state index contributed by atoms with van der Waals surface area (Å²) in [4.78, 5) is 22.4. The van der Waals surface area contributed by atoms with Crippen LogP contribution < -0.4 is 0 Å². The molecule has 0 unspecified atom stereocenters. The summed E-state index contributed by atoms with van der Waals surface area (Å²) in [6.07, 6.45) is 1.59. The van der Waals surface area contributed by atoms with E-state index in [1.807, 2.05) is 0 Å². The van der Waals surface area contributed by atoms with Gasteiger partial charge in [-0.2, -0.15) is 0 Å². The molecule has 0 heterocycles. The zero-order valence-corrected chi connectivity index (χ0v) is 9.21. The second kappa shape index (κ2) is 5.44. The first-order chi connectivity index (χ1) is 7.56. The van der Waals surface area contributed by atoms with Gasteiger partial charge < -0.3 is 15.3 Å². The largest absolute Gasteiger partial charge is 0.511 e. The summed E-state index contributed by atoms with van der Waals surface area (Å²) in [5.41, 5.74) is 0.258. The molecular weight excluding hydrogens is 210 g/mol. The van der Waals surface area contributed by atoms with Crippen LogP contribution in [-0.4, -0.2) is 29.7 Å². The number of nitrogens with one attached hydrogen (secondary N) is 1.